The summed E-state index contributed by atoms with van der Waals surface area (Å²) in [5.41, 5.74) is 0. The molecular formula is C3H8BN2. The van der Waals surface area contributed by atoms with Crippen molar-refractivity contribution in [3.63, 3.8) is 0 Å². The number of hydrogen-bond acceptors (Lipinski definition) is 2. The molecule has 1 saturated heterocycles. The lowest BCUT2D eigenvalue weighted by Crippen LogP contribution is -2.40. The van der Waals surface area contributed by atoms with Gasteiger partial charge in [0.1, 0.15) is 0 Å². The van der Waals surface area contributed by atoms with Crippen molar-refractivity contribution >= 4 is 7.55 Å². The van der Waals surface area contributed by atoms with Gasteiger partial charge in [0.15, 0.2) is 0 Å². The van der Waals surface area contributed by atoms with Gasteiger partial charge in [-0.1, -0.05) is 0 Å². The maximum absolute atomic E-state index is 3.05. The second-order valence-corrected chi connectivity index (χ2v) is 1.41. The Morgan fingerprint density at radius 3 is 2.00 bits per heavy atom. The second-order valence-electron chi connectivity index (χ2n) is 1.41. The summed E-state index contributed by atoms with van der Waals surface area (Å²) < 4.78 is 0. The fraction of sp³-hybridized carbons (Fsp3) is 1.00. The Morgan fingerprint density at radius 2 is 1.83 bits per heavy atom. The number of hydrogen-bond donors (Lipinski definition) is 2. The van der Waals surface area contributed by atoms with Gasteiger partial charge >= 0.3 is 7.55 Å². The van der Waals surface area contributed by atoms with Crippen molar-refractivity contribution in [2.75, 3.05) is 13.1 Å². The molecule has 6 heavy (non-hydrogen) atoms. The zero-order valence-corrected chi connectivity index (χ0v) is 3.70. The third-order valence-corrected chi connectivity index (χ3v) is 0.846. The van der Waals surface area contributed by atoms with Crippen molar-refractivity contribution in [1.82, 2.24) is 10.5 Å². The van der Waals surface area contributed by atoms with Crippen LogP contribution in [-0.4, -0.2) is 20.6 Å². The van der Waals surface area contributed by atoms with Gasteiger partial charge < -0.3 is 10.5 Å². The minimum atomic E-state index is 1.13. The van der Waals surface area contributed by atoms with Crippen LogP contribution in [0, 0.1) is 0 Å². The third kappa shape index (κ3) is 0.991. The lowest BCUT2D eigenvalue weighted by atomic mass is 10.1. The topological polar surface area (TPSA) is 24.1 Å². The molecule has 1 radical (unpaired) electrons. The molecule has 1 heterocycles. The summed E-state index contributed by atoms with van der Waals surface area (Å²) in [6.07, 6.45) is 1.25. The molecule has 1 rings (SSSR count). The minimum absolute atomic E-state index is 1.13. The van der Waals surface area contributed by atoms with Crippen molar-refractivity contribution in [2.45, 2.75) is 6.42 Å². The van der Waals surface area contributed by atoms with E-state index in [1.165, 1.54) is 6.42 Å². The molecule has 0 saturated carbocycles. The van der Waals surface area contributed by atoms with Crippen LogP contribution >= 0.6 is 0 Å². The lowest BCUT2D eigenvalue weighted by molar-refractivity contribution is 0.707. The standard InChI is InChI=1S/C3H8BN2/c1-2-5-4-6-3-1/h5-6H,1-3H2. The first-order chi connectivity index (χ1) is 3.00. The Balaban J connectivity index is 2.00. The van der Waals surface area contributed by atoms with E-state index in [0.29, 0.717) is 0 Å². The molecule has 3 heteroatoms. The van der Waals surface area contributed by atoms with E-state index < -0.39 is 0 Å². The van der Waals surface area contributed by atoms with Crippen molar-refractivity contribution in [3.05, 3.63) is 0 Å². The van der Waals surface area contributed by atoms with Gasteiger partial charge in [0.2, 0.25) is 0 Å². The highest BCUT2D eigenvalue weighted by Gasteiger charge is 1.94. The molecule has 1 aliphatic heterocycles. The number of rotatable bonds is 0. The van der Waals surface area contributed by atoms with Gasteiger partial charge in [0.25, 0.3) is 0 Å². The molecular weight excluding hydrogens is 74.9 g/mol. The summed E-state index contributed by atoms with van der Waals surface area (Å²) in [6.45, 7) is 2.26. The monoisotopic (exact) mass is 83.1 g/mol. The second kappa shape index (κ2) is 2.21. The van der Waals surface area contributed by atoms with Crippen LogP contribution in [0.1, 0.15) is 6.42 Å². The fourth-order valence-electron chi connectivity index (χ4n) is 0.509. The Hall–Kier alpha value is -0.0151. The fourth-order valence-corrected chi connectivity index (χ4v) is 0.509. The van der Waals surface area contributed by atoms with Crippen LogP contribution < -0.4 is 10.5 Å². The smallest absolute Gasteiger partial charge is 0.307 e. The molecule has 0 aliphatic carbocycles. The van der Waals surface area contributed by atoms with Crippen LogP contribution in [0.15, 0.2) is 0 Å². The Morgan fingerprint density at radius 1 is 1.17 bits per heavy atom. The highest BCUT2D eigenvalue weighted by molar-refractivity contribution is 6.28. The summed E-state index contributed by atoms with van der Waals surface area (Å²) in [4.78, 5) is 0. The van der Waals surface area contributed by atoms with Crippen molar-refractivity contribution in [1.29, 1.82) is 0 Å². The Bertz CT molecular complexity index is 24.3. The summed E-state index contributed by atoms with van der Waals surface area (Å²) in [7, 11) is 1.89. The van der Waals surface area contributed by atoms with E-state index in [4.69, 9.17) is 0 Å². The first kappa shape index (κ1) is 4.15. The van der Waals surface area contributed by atoms with Crippen LogP contribution in [0.2, 0.25) is 0 Å². The van der Waals surface area contributed by atoms with Crippen LogP contribution in [-0.2, 0) is 0 Å². The predicted octanol–water partition coefficient (Wildman–Crippen LogP) is -0.897. The first-order valence-corrected chi connectivity index (χ1v) is 2.28. The predicted molar refractivity (Wildman–Crippen MR) is 26.4 cm³/mol. The van der Waals surface area contributed by atoms with E-state index in [0.717, 1.165) is 13.1 Å². The van der Waals surface area contributed by atoms with Gasteiger partial charge in [-0.2, -0.15) is 0 Å². The highest BCUT2D eigenvalue weighted by Crippen LogP contribution is 1.73. The third-order valence-electron chi connectivity index (χ3n) is 0.846. The van der Waals surface area contributed by atoms with Crippen LogP contribution in [0.4, 0.5) is 0 Å². The zero-order chi connectivity index (χ0) is 4.24. The van der Waals surface area contributed by atoms with Crippen molar-refractivity contribution in [3.8, 4) is 0 Å². The molecule has 0 unspecified atom stereocenters. The number of nitrogens with one attached hydrogen (secondary N) is 2. The summed E-state index contributed by atoms with van der Waals surface area (Å²) >= 11 is 0. The first-order valence-electron chi connectivity index (χ1n) is 2.28. The minimum Gasteiger partial charge on any atom is -0.346 e. The molecule has 0 aromatic rings. The zero-order valence-electron chi connectivity index (χ0n) is 3.70. The van der Waals surface area contributed by atoms with Gasteiger partial charge in [0, 0.05) is 0 Å². The molecule has 0 amide bonds. The molecule has 1 aliphatic rings. The van der Waals surface area contributed by atoms with E-state index in [9.17, 15) is 0 Å². The Kier molecular flexibility index (Phi) is 1.53. The van der Waals surface area contributed by atoms with Crippen LogP contribution in [0.25, 0.3) is 0 Å². The summed E-state index contributed by atoms with van der Waals surface area (Å²) in [5.74, 6) is 0. The largest absolute Gasteiger partial charge is 0.346 e. The quantitative estimate of drug-likeness (QED) is 0.371. The highest BCUT2D eigenvalue weighted by atomic mass is 14.9. The molecule has 0 bridgehead atoms. The van der Waals surface area contributed by atoms with E-state index in [2.05, 4.69) is 10.5 Å². The van der Waals surface area contributed by atoms with Gasteiger partial charge in [-0.05, 0) is 19.5 Å². The van der Waals surface area contributed by atoms with Crippen LogP contribution in [0.3, 0.4) is 0 Å². The van der Waals surface area contributed by atoms with Gasteiger partial charge in [-0.25, -0.2) is 0 Å². The molecule has 2 nitrogen and oxygen atoms in total. The summed E-state index contributed by atoms with van der Waals surface area (Å²) in [6, 6.07) is 0. The van der Waals surface area contributed by atoms with E-state index in [1.54, 1.807) is 0 Å². The normalized spacial score (nSPS) is 22.7. The van der Waals surface area contributed by atoms with E-state index >= 15 is 0 Å². The SMILES string of the molecule is [B]1NCCCN1. The van der Waals surface area contributed by atoms with Crippen molar-refractivity contribution < 1.29 is 0 Å². The maximum Gasteiger partial charge on any atom is 0.307 e. The molecule has 0 spiro atoms. The molecule has 2 N–H and O–H groups in total. The van der Waals surface area contributed by atoms with Gasteiger partial charge in [-0.3, -0.25) is 0 Å². The molecule has 33 valence electrons. The molecule has 1 fully saturated rings. The molecule has 0 aromatic heterocycles. The van der Waals surface area contributed by atoms with Crippen LogP contribution in [0.5, 0.6) is 0 Å². The average molecular weight is 82.9 g/mol. The average Bonchev–Trinajstić information content (AvgIpc) is 1.72. The molecule has 0 atom stereocenters. The Labute approximate surface area is 38.6 Å². The van der Waals surface area contributed by atoms with Crippen molar-refractivity contribution in [2.24, 2.45) is 0 Å². The van der Waals surface area contributed by atoms with E-state index in [-0.39, 0.29) is 0 Å². The summed E-state index contributed by atoms with van der Waals surface area (Å²) in [5, 5.41) is 6.10. The van der Waals surface area contributed by atoms with E-state index in [1.807, 2.05) is 7.55 Å². The lowest BCUT2D eigenvalue weighted by Gasteiger charge is -2.09. The van der Waals surface area contributed by atoms with Gasteiger partial charge in [0.05, 0.1) is 0 Å². The molecule has 0 aromatic carbocycles. The maximum atomic E-state index is 3.05. The van der Waals surface area contributed by atoms with Gasteiger partial charge in [-0.15, -0.1) is 0 Å².